The molecule has 0 amide bonds. The van der Waals surface area contributed by atoms with Crippen LogP contribution in [0.25, 0.3) is 0 Å². The van der Waals surface area contributed by atoms with Crippen molar-refractivity contribution in [1.29, 1.82) is 0 Å². The summed E-state index contributed by atoms with van der Waals surface area (Å²) in [6.45, 7) is 9.94. The molecule has 26 unspecified atom stereocenters. The monoisotopic (exact) mass is 900 g/mol. The van der Waals surface area contributed by atoms with Crippen LogP contribution < -0.4 is 0 Å². The molecule has 3 saturated carbocycles. The lowest BCUT2D eigenvalue weighted by molar-refractivity contribution is -0.375. The van der Waals surface area contributed by atoms with Gasteiger partial charge >= 0.3 is 0 Å². The van der Waals surface area contributed by atoms with Crippen molar-refractivity contribution >= 4 is 0 Å². The molecule has 63 heavy (non-hydrogen) atoms. The molecule has 5 saturated heterocycles. The molecule has 0 aromatic rings. The van der Waals surface area contributed by atoms with Gasteiger partial charge in [0.1, 0.15) is 72.7 Å². The third kappa shape index (κ3) is 7.44. The van der Waals surface area contributed by atoms with E-state index < -0.39 is 123 Å². The number of rotatable bonds is 8. The molecule has 5 aliphatic heterocycles. The van der Waals surface area contributed by atoms with E-state index in [1.807, 2.05) is 0 Å². The first-order valence-corrected chi connectivity index (χ1v) is 23.5. The van der Waals surface area contributed by atoms with Crippen LogP contribution in [0.1, 0.15) is 92.4 Å². The van der Waals surface area contributed by atoms with Gasteiger partial charge in [0.15, 0.2) is 24.7 Å². The van der Waals surface area contributed by atoms with Gasteiger partial charge in [-0.3, -0.25) is 0 Å². The van der Waals surface area contributed by atoms with Gasteiger partial charge < -0.3 is 89.0 Å². The van der Waals surface area contributed by atoms with Crippen LogP contribution in [0.5, 0.6) is 0 Å². The number of hydrogen-bond acceptors (Lipinski definition) is 18. The van der Waals surface area contributed by atoms with Gasteiger partial charge in [-0.1, -0.05) is 39.3 Å². The van der Waals surface area contributed by atoms with Gasteiger partial charge in [0.2, 0.25) is 0 Å². The summed E-state index contributed by atoms with van der Waals surface area (Å²) in [4.78, 5) is 0. The second-order valence-electron chi connectivity index (χ2n) is 21.2. The van der Waals surface area contributed by atoms with Crippen LogP contribution in [-0.2, 0) is 37.9 Å². The zero-order valence-electron chi connectivity index (χ0n) is 37.0. The zero-order chi connectivity index (χ0) is 45.1. The fraction of sp³-hybridized carbons (Fsp3) is 0.956. The molecule has 18 heteroatoms. The highest BCUT2D eigenvalue weighted by Crippen LogP contribution is 2.72. The van der Waals surface area contributed by atoms with Crippen molar-refractivity contribution < 1.29 is 89.0 Å². The molecular weight excluding hydrogens is 828 g/mol. The molecule has 1 spiro atoms. The van der Waals surface area contributed by atoms with E-state index in [2.05, 4.69) is 33.8 Å². The molecule has 26 atom stereocenters. The number of fused-ring (bicyclic) bond motifs is 7. The average Bonchev–Trinajstić information content (AvgIpc) is 3.62. The maximum atomic E-state index is 12.8. The molecule has 9 rings (SSSR count). The average molecular weight is 901 g/mol. The van der Waals surface area contributed by atoms with Crippen molar-refractivity contribution in [2.24, 2.45) is 40.4 Å². The van der Waals surface area contributed by atoms with Crippen LogP contribution in [0.15, 0.2) is 11.6 Å². The standard InChI is InChI=1S/C45H72O18/c1-19-8-13-44(57-17-19)21(3)45(55)29(63-44)15-26-24-7-6-22-14-23(9-11-42(22,4)25(24)10-12-43(26,45)5)59-41-38(62-40-37(54)33(50)30(47)20(2)58-40)35(52)32(49)28(61-41)18-56-39-36(53)34(51)31(48)27(16-46)60-39/h6,19-21,23-41,46-55H,7-18H2,1-5H3. The van der Waals surface area contributed by atoms with E-state index in [0.29, 0.717) is 37.2 Å². The van der Waals surface area contributed by atoms with Crippen LogP contribution in [0.4, 0.5) is 0 Å². The van der Waals surface area contributed by atoms with Crippen molar-refractivity contribution in [3.05, 3.63) is 11.6 Å². The molecule has 8 fully saturated rings. The third-order valence-electron chi connectivity index (χ3n) is 17.9. The lowest BCUT2D eigenvalue weighted by Gasteiger charge is -2.60. The fourth-order valence-electron chi connectivity index (χ4n) is 13.8. The van der Waals surface area contributed by atoms with Gasteiger partial charge in [0, 0.05) is 17.8 Å². The normalized spacial score (nSPS) is 58.1. The summed E-state index contributed by atoms with van der Waals surface area (Å²) in [6, 6.07) is 0. The number of aliphatic hydroxyl groups is 10. The molecule has 9 aliphatic rings. The largest absolute Gasteiger partial charge is 0.394 e. The zero-order valence-corrected chi connectivity index (χ0v) is 37.0. The van der Waals surface area contributed by atoms with Crippen LogP contribution in [0.2, 0.25) is 0 Å². The first-order valence-electron chi connectivity index (χ1n) is 23.5. The van der Waals surface area contributed by atoms with Crippen LogP contribution in [-0.4, -0.2) is 187 Å². The molecule has 5 heterocycles. The minimum absolute atomic E-state index is 0.130. The van der Waals surface area contributed by atoms with Crippen molar-refractivity contribution in [2.75, 3.05) is 19.8 Å². The second-order valence-corrected chi connectivity index (χ2v) is 21.2. The van der Waals surface area contributed by atoms with E-state index >= 15 is 0 Å². The molecule has 18 nitrogen and oxygen atoms in total. The first kappa shape index (κ1) is 47.1. The predicted octanol–water partition coefficient (Wildman–Crippen LogP) is -0.671. The Balaban J connectivity index is 0.912. The fourth-order valence-corrected chi connectivity index (χ4v) is 13.8. The van der Waals surface area contributed by atoms with Crippen molar-refractivity contribution in [3.8, 4) is 0 Å². The van der Waals surface area contributed by atoms with Crippen LogP contribution in [0, 0.1) is 40.4 Å². The Morgan fingerprint density at radius 1 is 0.714 bits per heavy atom. The second kappa shape index (κ2) is 17.2. The highest BCUT2D eigenvalue weighted by molar-refractivity contribution is 5.29. The van der Waals surface area contributed by atoms with Gasteiger partial charge in [0.25, 0.3) is 0 Å². The Labute approximate surface area is 368 Å². The van der Waals surface area contributed by atoms with Gasteiger partial charge in [-0.25, -0.2) is 0 Å². The molecule has 0 bridgehead atoms. The molecule has 10 N–H and O–H groups in total. The smallest absolute Gasteiger partial charge is 0.187 e. The Hall–Kier alpha value is -0.980. The lowest BCUT2D eigenvalue weighted by atomic mass is 9.46. The topological polar surface area (TPSA) is 276 Å². The van der Waals surface area contributed by atoms with Gasteiger partial charge in [0.05, 0.1) is 38.1 Å². The molecular formula is C45H72O18. The number of hydrogen-bond donors (Lipinski definition) is 10. The quantitative estimate of drug-likeness (QED) is 0.135. The maximum Gasteiger partial charge on any atom is 0.187 e. The van der Waals surface area contributed by atoms with E-state index in [0.717, 1.165) is 44.9 Å². The first-order chi connectivity index (χ1) is 29.8. The summed E-state index contributed by atoms with van der Waals surface area (Å²) in [6.07, 6.45) is -13.7. The third-order valence-corrected chi connectivity index (χ3v) is 17.9. The Morgan fingerprint density at radius 3 is 2.13 bits per heavy atom. The highest BCUT2D eigenvalue weighted by Gasteiger charge is 2.76. The van der Waals surface area contributed by atoms with E-state index in [4.69, 9.17) is 37.9 Å². The van der Waals surface area contributed by atoms with E-state index in [1.54, 1.807) is 0 Å². The predicted molar refractivity (Wildman–Crippen MR) is 216 cm³/mol. The van der Waals surface area contributed by atoms with Crippen LogP contribution >= 0.6 is 0 Å². The lowest BCUT2D eigenvalue weighted by Crippen LogP contribution is -2.65. The Bertz CT molecular complexity index is 1660. The van der Waals surface area contributed by atoms with E-state index in [-0.39, 0.29) is 28.8 Å². The summed E-state index contributed by atoms with van der Waals surface area (Å²) in [5, 5.41) is 108. The highest BCUT2D eigenvalue weighted by atomic mass is 16.8. The summed E-state index contributed by atoms with van der Waals surface area (Å²) in [7, 11) is 0. The molecule has 0 aromatic heterocycles. The summed E-state index contributed by atoms with van der Waals surface area (Å²) >= 11 is 0. The van der Waals surface area contributed by atoms with Crippen molar-refractivity contribution in [3.63, 3.8) is 0 Å². The molecule has 0 aromatic carbocycles. The van der Waals surface area contributed by atoms with E-state index in [1.165, 1.54) is 12.5 Å². The minimum atomic E-state index is -1.72. The number of allylic oxidation sites excluding steroid dienone is 1. The van der Waals surface area contributed by atoms with E-state index in [9.17, 15) is 51.1 Å². The van der Waals surface area contributed by atoms with Crippen molar-refractivity contribution in [1.82, 2.24) is 0 Å². The molecule has 4 aliphatic carbocycles. The Kier molecular flexibility index (Phi) is 12.9. The number of ether oxygens (including phenoxy) is 8. The van der Waals surface area contributed by atoms with Crippen molar-refractivity contribution in [2.45, 2.75) is 208 Å². The summed E-state index contributed by atoms with van der Waals surface area (Å²) in [5.41, 5.74) is -0.168. The minimum Gasteiger partial charge on any atom is -0.394 e. The van der Waals surface area contributed by atoms with Gasteiger partial charge in [-0.2, -0.15) is 0 Å². The van der Waals surface area contributed by atoms with Gasteiger partial charge in [-0.15, -0.1) is 0 Å². The molecule has 360 valence electrons. The SMILES string of the molecule is CC1CCC2(OC1)OC1CC3C4CC=C5CC(OC6OC(COC7OC(CO)C(O)C(O)C7O)C(O)C(O)C6OC6OC(C)C(O)C(O)C6O)CCC5(C)C4CCC3(C)C1(O)C2C. The summed E-state index contributed by atoms with van der Waals surface area (Å²) in [5.74, 6) is 0.616. The van der Waals surface area contributed by atoms with Gasteiger partial charge in [-0.05, 0) is 87.4 Å². The molecule has 0 radical (unpaired) electrons. The van der Waals surface area contributed by atoms with Crippen LogP contribution in [0.3, 0.4) is 0 Å². The maximum absolute atomic E-state index is 12.8. The summed E-state index contributed by atoms with van der Waals surface area (Å²) < 4.78 is 49.2. The number of aliphatic hydroxyl groups excluding tert-OH is 9. The Morgan fingerprint density at radius 2 is 1.41 bits per heavy atom.